The Labute approximate surface area is 109 Å². The Bertz CT molecular complexity index is 573. The quantitative estimate of drug-likeness (QED) is 0.907. The van der Waals surface area contributed by atoms with Crippen LogP contribution < -0.4 is 5.73 Å². The highest BCUT2D eigenvalue weighted by Gasteiger charge is 2.16. The lowest BCUT2D eigenvalue weighted by molar-refractivity contribution is 1.16. The van der Waals surface area contributed by atoms with Gasteiger partial charge in [-0.25, -0.2) is 0 Å². The van der Waals surface area contributed by atoms with E-state index in [4.69, 9.17) is 11.0 Å². The van der Waals surface area contributed by atoms with Crippen LogP contribution in [-0.2, 0) is 12.8 Å². The van der Waals surface area contributed by atoms with Crippen molar-refractivity contribution in [2.75, 3.05) is 5.73 Å². The van der Waals surface area contributed by atoms with Crippen LogP contribution in [-0.4, -0.2) is 0 Å². The maximum Gasteiger partial charge on any atom is 0.128 e. The molecule has 2 rings (SSSR count). The van der Waals surface area contributed by atoms with Crippen LogP contribution in [0.5, 0.6) is 0 Å². The van der Waals surface area contributed by atoms with E-state index in [1.54, 1.807) is 11.3 Å². The van der Waals surface area contributed by atoms with E-state index in [1.165, 1.54) is 26.0 Å². The summed E-state index contributed by atoms with van der Waals surface area (Å²) in [6, 6.07) is 6.47. The van der Waals surface area contributed by atoms with Crippen molar-refractivity contribution >= 4 is 28.4 Å². The number of nitrogens with two attached hydrogens (primary N) is 1. The predicted molar refractivity (Wildman–Crippen MR) is 75.5 cm³/mol. The first-order valence-corrected chi connectivity index (χ1v) is 7.24. The smallest absolute Gasteiger partial charge is 0.128 e. The number of aryl methyl sites for hydroxylation is 1. The number of hydrogen-bond donors (Lipinski definition) is 1. The topological polar surface area (TPSA) is 49.8 Å². The molecule has 0 saturated carbocycles. The van der Waals surface area contributed by atoms with Gasteiger partial charge in [0.15, 0.2) is 0 Å². The van der Waals surface area contributed by atoms with Crippen molar-refractivity contribution in [2.45, 2.75) is 26.7 Å². The minimum Gasteiger partial charge on any atom is -0.397 e. The van der Waals surface area contributed by atoms with Gasteiger partial charge in [-0.2, -0.15) is 5.26 Å². The summed E-state index contributed by atoms with van der Waals surface area (Å²) >= 11 is 3.31. The molecule has 0 amide bonds. The minimum atomic E-state index is 0.642. The lowest BCUT2D eigenvalue weighted by Gasteiger charge is -1.99. The summed E-state index contributed by atoms with van der Waals surface area (Å²) in [6.45, 7) is 4.23. The molecule has 4 heteroatoms. The van der Waals surface area contributed by atoms with Crippen molar-refractivity contribution in [3.8, 4) is 15.8 Å². The fourth-order valence-corrected chi connectivity index (χ4v) is 3.99. The van der Waals surface area contributed by atoms with Crippen molar-refractivity contribution in [3.63, 3.8) is 0 Å². The van der Waals surface area contributed by atoms with Gasteiger partial charge in [0, 0.05) is 9.75 Å². The number of nitrogens with zero attached hydrogens (tertiary/aromatic N) is 1. The van der Waals surface area contributed by atoms with Crippen molar-refractivity contribution < 1.29 is 0 Å². The summed E-state index contributed by atoms with van der Waals surface area (Å²) in [6.07, 6.45) is 1.93. The van der Waals surface area contributed by atoms with Crippen molar-refractivity contribution in [1.82, 2.24) is 0 Å². The molecule has 88 valence electrons. The Hall–Kier alpha value is -1.31. The van der Waals surface area contributed by atoms with Gasteiger partial charge in [-0.1, -0.05) is 13.8 Å². The molecule has 0 bridgehead atoms. The van der Waals surface area contributed by atoms with E-state index in [1.807, 2.05) is 0 Å². The molecule has 2 aromatic rings. The number of hydrogen-bond acceptors (Lipinski definition) is 4. The van der Waals surface area contributed by atoms with Gasteiger partial charge in [0.05, 0.1) is 10.6 Å². The Kier molecular flexibility index (Phi) is 3.51. The fourth-order valence-electron chi connectivity index (χ4n) is 1.80. The summed E-state index contributed by atoms with van der Waals surface area (Å²) < 4.78 is 0. The van der Waals surface area contributed by atoms with Gasteiger partial charge in [0.2, 0.25) is 0 Å². The number of nitriles is 1. The van der Waals surface area contributed by atoms with E-state index in [2.05, 4.69) is 32.0 Å². The van der Waals surface area contributed by atoms with Gasteiger partial charge in [-0.05, 0) is 30.5 Å². The second-order valence-corrected chi connectivity index (χ2v) is 5.93. The molecule has 2 aromatic heterocycles. The average Bonchev–Trinajstić information content (AvgIpc) is 2.92. The molecule has 0 spiro atoms. The van der Waals surface area contributed by atoms with Crippen molar-refractivity contribution in [1.29, 1.82) is 5.26 Å². The molecule has 2 heterocycles. The molecule has 0 aliphatic heterocycles. The summed E-state index contributed by atoms with van der Waals surface area (Å²) in [5.41, 5.74) is 7.78. The zero-order valence-corrected chi connectivity index (χ0v) is 11.5. The molecule has 2 nitrogen and oxygen atoms in total. The molecule has 0 saturated heterocycles. The molecular weight excluding hydrogens is 248 g/mol. The molecule has 0 fully saturated rings. The second kappa shape index (κ2) is 4.91. The van der Waals surface area contributed by atoms with E-state index >= 15 is 0 Å². The third-order valence-electron chi connectivity index (χ3n) is 2.74. The molecule has 0 aromatic carbocycles. The maximum atomic E-state index is 9.03. The van der Waals surface area contributed by atoms with Gasteiger partial charge in [-0.3, -0.25) is 0 Å². The predicted octanol–water partition coefficient (Wildman–Crippen LogP) is 4.06. The second-order valence-electron chi connectivity index (χ2n) is 3.74. The first kappa shape index (κ1) is 12.2. The van der Waals surface area contributed by atoms with Crippen LogP contribution in [0.4, 0.5) is 5.69 Å². The van der Waals surface area contributed by atoms with Gasteiger partial charge >= 0.3 is 0 Å². The fraction of sp³-hybridized carbons (Fsp3) is 0.308. The maximum absolute atomic E-state index is 9.03. The molecule has 0 aliphatic carbocycles. The summed E-state index contributed by atoms with van der Waals surface area (Å²) in [5, 5.41) is 9.03. The van der Waals surface area contributed by atoms with Gasteiger partial charge in [0.25, 0.3) is 0 Å². The largest absolute Gasteiger partial charge is 0.397 e. The zero-order chi connectivity index (χ0) is 12.4. The van der Waals surface area contributed by atoms with E-state index < -0.39 is 0 Å². The lowest BCUT2D eigenvalue weighted by atomic mass is 10.1. The van der Waals surface area contributed by atoms with E-state index in [0.29, 0.717) is 10.6 Å². The van der Waals surface area contributed by atoms with Gasteiger partial charge < -0.3 is 5.73 Å². The highest BCUT2D eigenvalue weighted by atomic mass is 32.1. The summed E-state index contributed by atoms with van der Waals surface area (Å²) in [4.78, 5) is 4.42. The number of thiophene rings is 2. The molecule has 0 radical (unpaired) electrons. The number of anilines is 1. The summed E-state index contributed by atoms with van der Waals surface area (Å²) in [7, 11) is 0. The van der Waals surface area contributed by atoms with Gasteiger partial charge in [-0.15, -0.1) is 22.7 Å². The van der Waals surface area contributed by atoms with Crippen LogP contribution in [0.1, 0.15) is 29.2 Å². The molecule has 0 aliphatic rings. The first-order valence-electron chi connectivity index (χ1n) is 5.61. The van der Waals surface area contributed by atoms with E-state index in [-0.39, 0.29) is 0 Å². The van der Waals surface area contributed by atoms with Gasteiger partial charge in [0.1, 0.15) is 10.9 Å². The SMILES string of the molecule is CCc1ccc(-c2sc(C#N)c(N)c2CC)s1. The highest BCUT2D eigenvalue weighted by Crippen LogP contribution is 2.41. The Morgan fingerprint density at radius 3 is 2.53 bits per heavy atom. The van der Waals surface area contributed by atoms with E-state index in [9.17, 15) is 0 Å². The first-order chi connectivity index (χ1) is 8.21. The molecule has 0 unspecified atom stereocenters. The van der Waals surface area contributed by atoms with Crippen molar-refractivity contribution in [3.05, 3.63) is 27.5 Å². The standard InChI is InChI=1S/C13H14N2S2/c1-3-8-5-6-10(16-8)13-9(4-2)12(15)11(7-14)17-13/h5-6H,3-4,15H2,1-2H3. The van der Waals surface area contributed by atoms with Crippen LogP contribution in [0.3, 0.4) is 0 Å². The third kappa shape index (κ3) is 2.08. The van der Waals surface area contributed by atoms with Crippen LogP contribution in [0.15, 0.2) is 12.1 Å². The highest BCUT2D eigenvalue weighted by molar-refractivity contribution is 7.22. The van der Waals surface area contributed by atoms with Crippen LogP contribution in [0.2, 0.25) is 0 Å². The lowest BCUT2D eigenvalue weighted by Crippen LogP contribution is -1.90. The summed E-state index contributed by atoms with van der Waals surface area (Å²) in [5.74, 6) is 0. The van der Waals surface area contributed by atoms with Crippen LogP contribution in [0.25, 0.3) is 9.75 Å². The van der Waals surface area contributed by atoms with Crippen LogP contribution >= 0.6 is 22.7 Å². The van der Waals surface area contributed by atoms with Crippen LogP contribution in [0, 0.1) is 11.3 Å². The Balaban J connectivity index is 2.55. The molecule has 2 N–H and O–H groups in total. The monoisotopic (exact) mass is 262 g/mol. The zero-order valence-electron chi connectivity index (χ0n) is 9.91. The minimum absolute atomic E-state index is 0.642. The normalized spacial score (nSPS) is 10.4. The molecular formula is C13H14N2S2. The Morgan fingerprint density at radius 2 is 2.00 bits per heavy atom. The number of rotatable bonds is 3. The van der Waals surface area contributed by atoms with E-state index in [0.717, 1.165) is 18.4 Å². The number of nitrogen functional groups attached to an aromatic ring is 1. The third-order valence-corrected chi connectivity index (χ3v) is 5.30. The average molecular weight is 262 g/mol. The molecule has 0 atom stereocenters. The van der Waals surface area contributed by atoms with Crippen molar-refractivity contribution in [2.24, 2.45) is 0 Å². The Morgan fingerprint density at radius 1 is 1.24 bits per heavy atom. The molecule has 17 heavy (non-hydrogen) atoms.